The summed E-state index contributed by atoms with van der Waals surface area (Å²) in [5, 5.41) is 3.45. The number of nitrogens with one attached hydrogen (secondary N) is 1. The molecule has 4 nitrogen and oxygen atoms in total. The largest absolute Gasteiger partial charge is 0.356 e. The highest BCUT2D eigenvalue weighted by Crippen LogP contribution is 2.05. The Hall–Kier alpha value is -1.03. The highest BCUT2D eigenvalue weighted by Gasteiger charge is 2.12. The molecule has 0 rings (SSSR count). The summed E-state index contributed by atoms with van der Waals surface area (Å²) >= 11 is 0. The van der Waals surface area contributed by atoms with Crippen LogP contribution in [0.5, 0.6) is 0 Å². The lowest BCUT2D eigenvalue weighted by atomic mass is 10.2. The van der Waals surface area contributed by atoms with Crippen molar-refractivity contribution in [2.75, 3.05) is 33.7 Å². The summed E-state index contributed by atoms with van der Waals surface area (Å²) in [7, 11) is 3.94. The van der Waals surface area contributed by atoms with Gasteiger partial charge in [-0.15, -0.1) is 6.58 Å². The number of aliphatic imine (C=N–C) groups is 1. The Morgan fingerprint density at radius 2 is 1.76 bits per heavy atom. The third kappa shape index (κ3) is 8.76. The van der Waals surface area contributed by atoms with Crippen LogP contribution in [0.25, 0.3) is 0 Å². The van der Waals surface area contributed by atoms with Gasteiger partial charge in [-0.25, -0.2) is 0 Å². The zero-order valence-electron chi connectivity index (χ0n) is 15.0. The Labute approximate surface area is 132 Å². The molecule has 0 heterocycles. The molecule has 124 valence electrons. The normalized spacial score (nSPS) is 12.3. The Morgan fingerprint density at radius 1 is 1.14 bits per heavy atom. The van der Waals surface area contributed by atoms with Crippen LogP contribution in [0.4, 0.5) is 0 Å². The topological polar surface area (TPSA) is 30.9 Å². The summed E-state index contributed by atoms with van der Waals surface area (Å²) in [5.41, 5.74) is 0. The molecule has 1 N–H and O–H groups in total. The molecule has 0 unspecified atom stereocenters. The zero-order valence-corrected chi connectivity index (χ0v) is 15.0. The molecule has 0 bridgehead atoms. The summed E-state index contributed by atoms with van der Waals surface area (Å²) in [4.78, 5) is 9.06. The average Bonchev–Trinajstić information content (AvgIpc) is 2.42. The maximum absolute atomic E-state index is 4.35. The number of hydrogen-bond acceptors (Lipinski definition) is 2. The van der Waals surface area contributed by atoms with Crippen molar-refractivity contribution in [1.29, 1.82) is 0 Å². The minimum Gasteiger partial charge on any atom is -0.356 e. The maximum Gasteiger partial charge on any atom is 0.193 e. The van der Waals surface area contributed by atoms with Crippen molar-refractivity contribution < 1.29 is 0 Å². The van der Waals surface area contributed by atoms with Crippen LogP contribution in [-0.4, -0.2) is 61.6 Å². The number of nitrogens with zero attached hydrogens (tertiary/aromatic N) is 3. The highest BCUT2D eigenvalue weighted by molar-refractivity contribution is 5.79. The molecule has 0 aliphatic carbocycles. The van der Waals surface area contributed by atoms with E-state index < -0.39 is 0 Å². The average molecular weight is 297 g/mol. The lowest BCUT2D eigenvalue weighted by Crippen LogP contribution is -2.42. The van der Waals surface area contributed by atoms with Crippen LogP contribution < -0.4 is 5.32 Å². The molecule has 0 aromatic heterocycles. The zero-order chi connectivity index (χ0) is 16.3. The van der Waals surface area contributed by atoms with Crippen molar-refractivity contribution in [2.45, 2.75) is 59.0 Å². The molecular formula is C17H36N4. The van der Waals surface area contributed by atoms with Crippen LogP contribution in [0, 0.1) is 0 Å². The molecule has 0 saturated carbocycles. The van der Waals surface area contributed by atoms with Gasteiger partial charge in [-0.3, -0.25) is 9.89 Å². The third-order valence-electron chi connectivity index (χ3n) is 3.68. The first-order valence-electron chi connectivity index (χ1n) is 8.22. The van der Waals surface area contributed by atoms with Gasteiger partial charge in [-0.2, -0.15) is 0 Å². The van der Waals surface area contributed by atoms with Crippen LogP contribution in [0.1, 0.15) is 47.0 Å². The maximum atomic E-state index is 4.35. The van der Waals surface area contributed by atoms with Gasteiger partial charge in [0.2, 0.25) is 0 Å². The fourth-order valence-corrected chi connectivity index (χ4v) is 2.54. The predicted octanol–water partition coefficient (Wildman–Crippen LogP) is 2.97. The first kappa shape index (κ1) is 20.0. The first-order valence-corrected chi connectivity index (χ1v) is 8.22. The molecule has 21 heavy (non-hydrogen) atoms. The van der Waals surface area contributed by atoms with E-state index in [9.17, 15) is 0 Å². The molecule has 0 aromatic rings. The summed E-state index contributed by atoms with van der Waals surface area (Å²) in [6.45, 7) is 15.9. The second-order valence-corrected chi connectivity index (χ2v) is 6.11. The minimum atomic E-state index is 0.603. The minimum absolute atomic E-state index is 0.603. The fraction of sp³-hybridized carbons (Fsp3) is 0.824. The number of guanidine groups is 1. The fourth-order valence-electron chi connectivity index (χ4n) is 2.54. The van der Waals surface area contributed by atoms with Gasteiger partial charge in [0, 0.05) is 45.8 Å². The van der Waals surface area contributed by atoms with Gasteiger partial charge in [0.1, 0.15) is 0 Å². The lowest BCUT2D eigenvalue weighted by molar-refractivity contribution is 0.173. The Balaban J connectivity index is 4.04. The number of allylic oxidation sites excluding steroid dienone is 1. The van der Waals surface area contributed by atoms with Crippen molar-refractivity contribution in [3.63, 3.8) is 0 Å². The molecule has 0 fully saturated rings. The van der Waals surface area contributed by atoms with Gasteiger partial charge < -0.3 is 10.2 Å². The molecule has 0 spiro atoms. The second kappa shape index (κ2) is 11.6. The molecule has 0 atom stereocenters. The lowest BCUT2D eigenvalue weighted by Gasteiger charge is -2.30. The Kier molecular flexibility index (Phi) is 11.0. The third-order valence-corrected chi connectivity index (χ3v) is 3.68. The van der Waals surface area contributed by atoms with E-state index in [1.165, 1.54) is 0 Å². The van der Waals surface area contributed by atoms with E-state index in [1.807, 2.05) is 13.1 Å². The molecule has 0 aliphatic rings. The van der Waals surface area contributed by atoms with Gasteiger partial charge in [-0.1, -0.05) is 6.08 Å². The molecular weight excluding hydrogens is 260 g/mol. The molecule has 0 amide bonds. The van der Waals surface area contributed by atoms with Crippen molar-refractivity contribution in [1.82, 2.24) is 15.1 Å². The molecule has 0 aliphatic heterocycles. The van der Waals surface area contributed by atoms with Crippen molar-refractivity contribution in [3.05, 3.63) is 12.7 Å². The van der Waals surface area contributed by atoms with E-state index >= 15 is 0 Å². The SMILES string of the molecule is C=CCCCN(C)C(=NC)NCCCN(C(C)C)C(C)C. The summed E-state index contributed by atoms with van der Waals surface area (Å²) in [5.74, 6) is 0.986. The second-order valence-electron chi connectivity index (χ2n) is 6.11. The summed E-state index contributed by atoms with van der Waals surface area (Å²) < 4.78 is 0. The van der Waals surface area contributed by atoms with Gasteiger partial charge in [0.25, 0.3) is 0 Å². The molecule has 0 aromatic carbocycles. The number of unbranched alkanes of at least 4 members (excludes halogenated alkanes) is 1. The van der Waals surface area contributed by atoms with Crippen molar-refractivity contribution >= 4 is 5.96 Å². The Bertz CT molecular complexity index is 289. The first-order chi connectivity index (χ1) is 9.93. The van der Waals surface area contributed by atoms with E-state index in [1.54, 1.807) is 0 Å². The van der Waals surface area contributed by atoms with Crippen LogP contribution in [0.2, 0.25) is 0 Å². The van der Waals surface area contributed by atoms with E-state index in [-0.39, 0.29) is 0 Å². The monoisotopic (exact) mass is 296 g/mol. The summed E-state index contributed by atoms with van der Waals surface area (Å²) in [6, 6.07) is 1.21. The molecule has 0 radical (unpaired) electrons. The van der Waals surface area contributed by atoms with E-state index in [4.69, 9.17) is 0 Å². The van der Waals surface area contributed by atoms with E-state index in [0.29, 0.717) is 12.1 Å². The smallest absolute Gasteiger partial charge is 0.193 e. The number of hydrogen-bond donors (Lipinski definition) is 1. The van der Waals surface area contributed by atoms with Gasteiger partial charge in [-0.05, 0) is 47.0 Å². The Morgan fingerprint density at radius 3 is 2.24 bits per heavy atom. The van der Waals surface area contributed by atoms with Crippen LogP contribution in [-0.2, 0) is 0 Å². The standard InChI is InChI=1S/C17H36N4/c1-8-9-10-13-20(7)17(18-6)19-12-11-14-21(15(2)3)16(4)5/h8,15-16H,1,9-14H2,2-7H3,(H,18,19). The highest BCUT2D eigenvalue weighted by atomic mass is 15.3. The quantitative estimate of drug-likeness (QED) is 0.291. The van der Waals surface area contributed by atoms with Crippen LogP contribution in [0.15, 0.2) is 17.6 Å². The predicted molar refractivity (Wildman–Crippen MR) is 95.0 cm³/mol. The molecule has 4 heteroatoms. The summed E-state index contributed by atoms with van der Waals surface area (Å²) in [6.07, 6.45) is 5.28. The van der Waals surface area contributed by atoms with Crippen LogP contribution >= 0.6 is 0 Å². The van der Waals surface area contributed by atoms with Gasteiger partial charge >= 0.3 is 0 Å². The number of rotatable bonds is 10. The van der Waals surface area contributed by atoms with E-state index in [2.05, 4.69) is 61.4 Å². The van der Waals surface area contributed by atoms with Gasteiger partial charge in [0.05, 0.1) is 0 Å². The van der Waals surface area contributed by atoms with Crippen LogP contribution in [0.3, 0.4) is 0 Å². The molecule has 0 saturated heterocycles. The van der Waals surface area contributed by atoms with Crippen molar-refractivity contribution in [2.24, 2.45) is 4.99 Å². The van der Waals surface area contributed by atoms with Gasteiger partial charge in [0.15, 0.2) is 5.96 Å². The van der Waals surface area contributed by atoms with E-state index in [0.717, 1.165) is 44.9 Å². The van der Waals surface area contributed by atoms with Crippen molar-refractivity contribution in [3.8, 4) is 0 Å².